The lowest BCUT2D eigenvalue weighted by Gasteiger charge is -2.27. The molecule has 0 unspecified atom stereocenters. The van der Waals surface area contributed by atoms with Gasteiger partial charge in [0.05, 0.1) is 5.60 Å². The molecule has 2 nitrogen and oxygen atoms in total. The van der Waals surface area contributed by atoms with Crippen LogP contribution in [0.5, 0.6) is 0 Å². The zero-order valence-electron chi connectivity index (χ0n) is 15.8. The van der Waals surface area contributed by atoms with E-state index in [1.54, 1.807) is 0 Å². The van der Waals surface area contributed by atoms with Crippen molar-refractivity contribution >= 4 is 0 Å². The second kappa shape index (κ2) is 10.7. The quantitative estimate of drug-likeness (QED) is 0.729. The summed E-state index contributed by atoms with van der Waals surface area (Å²) in [5.74, 6) is 0.395. The Morgan fingerprint density at radius 1 is 0.960 bits per heavy atom. The molecule has 0 spiro atoms. The van der Waals surface area contributed by atoms with Crippen LogP contribution in [0, 0.1) is 0 Å². The molecule has 0 aliphatic rings. The van der Waals surface area contributed by atoms with Crippen molar-refractivity contribution in [1.82, 2.24) is 4.90 Å². The first kappa shape index (κ1) is 20.9. The zero-order valence-corrected chi connectivity index (χ0v) is 15.8. The molecule has 0 atom stereocenters. The molecule has 0 bridgehead atoms. The van der Waals surface area contributed by atoms with E-state index in [9.17, 15) is 5.11 Å². The van der Waals surface area contributed by atoms with E-state index in [1.165, 1.54) is 11.1 Å². The molecular formula is C23H31NO. The van der Waals surface area contributed by atoms with E-state index in [2.05, 4.69) is 91.5 Å². The molecule has 0 aromatic heterocycles. The first-order valence-electron chi connectivity index (χ1n) is 8.67. The number of benzene rings is 2. The molecule has 2 aromatic carbocycles. The molecule has 2 rings (SSSR count). The highest BCUT2D eigenvalue weighted by atomic mass is 16.3. The maximum Gasteiger partial charge on any atom is 0.0718 e. The van der Waals surface area contributed by atoms with Gasteiger partial charge in [0.25, 0.3) is 0 Å². The van der Waals surface area contributed by atoms with Crippen LogP contribution in [-0.4, -0.2) is 35.7 Å². The summed E-state index contributed by atoms with van der Waals surface area (Å²) in [4.78, 5) is 2.21. The van der Waals surface area contributed by atoms with Crippen LogP contribution in [0.15, 0.2) is 79.6 Å². The zero-order chi connectivity index (χ0) is 18.7. The minimum Gasteiger partial charge on any atom is -0.389 e. The highest BCUT2D eigenvalue weighted by Crippen LogP contribution is 2.28. The van der Waals surface area contributed by atoms with Crippen LogP contribution >= 0.6 is 0 Å². The highest BCUT2D eigenvalue weighted by Gasteiger charge is 2.18. The van der Waals surface area contributed by atoms with Crippen LogP contribution in [0.3, 0.4) is 0 Å². The summed E-state index contributed by atoms with van der Waals surface area (Å²) in [6.07, 6.45) is 1.04. The summed E-state index contributed by atoms with van der Waals surface area (Å²) in [7, 11) is 2.07. The van der Waals surface area contributed by atoms with Gasteiger partial charge in [-0.05, 0) is 45.0 Å². The number of likely N-dealkylation sites (N-methyl/N-ethyl adjacent to an activating group) is 1. The second-order valence-electron chi connectivity index (χ2n) is 6.96. The van der Waals surface area contributed by atoms with Crippen LogP contribution in [0.4, 0.5) is 0 Å². The van der Waals surface area contributed by atoms with Gasteiger partial charge in [0.15, 0.2) is 0 Å². The van der Waals surface area contributed by atoms with E-state index in [0.717, 1.165) is 13.0 Å². The van der Waals surface area contributed by atoms with E-state index in [1.807, 2.05) is 13.8 Å². The van der Waals surface area contributed by atoms with E-state index < -0.39 is 5.60 Å². The average Bonchev–Trinajstić information content (AvgIpc) is 2.56. The van der Waals surface area contributed by atoms with Crippen molar-refractivity contribution in [2.75, 3.05) is 20.1 Å². The molecule has 0 radical (unpaired) electrons. The van der Waals surface area contributed by atoms with Crippen LogP contribution in [0.2, 0.25) is 0 Å². The maximum atomic E-state index is 9.95. The third-order valence-electron chi connectivity index (χ3n) is 3.86. The lowest BCUT2D eigenvalue weighted by molar-refractivity contribution is 0.0441. The Balaban J connectivity index is 0.000000970. The SMILES string of the molecule is C=C=C.CN(CCC(c1ccccc1)c1ccccc1)CC(C)(C)O. The van der Waals surface area contributed by atoms with Crippen LogP contribution in [-0.2, 0) is 0 Å². The minimum absolute atomic E-state index is 0.395. The number of hydrogen-bond donors (Lipinski definition) is 1. The summed E-state index contributed by atoms with van der Waals surface area (Å²) >= 11 is 0. The molecule has 0 amide bonds. The topological polar surface area (TPSA) is 23.5 Å². The van der Waals surface area contributed by atoms with Crippen molar-refractivity contribution in [3.63, 3.8) is 0 Å². The maximum absolute atomic E-state index is 9.95. The van der Waals surface area contributed by atoms with Gasteiger partial charge in [-0.15, -0.1) is 5.73 Å². The number of hydrogen-bond acceptors (Lipinski definition) is 2. The molecular weight excluding hydrogens is 306 g/mol. The van der Waals surface area contributed by atoms with Crippen molar-refractivity contribution in [1.29, 1.82) is 0 Å². The Hall–Kier alpha value is -2.12. The smallest absolute Gasteiger partial charge is 0.0718 e. The Morgan fingerprint density at radius 3 is 1.72 bits per heavy atom. The molecule has 0 saturated heterocycles. The van der Waals surface area contributed by atoms with Gasteiger partial charge in [0.2, 0.25) is 0 Å². The van der Waals surface area contributed by atoms with E-state index in [4.69, 9.17) is 0 Å². The summed E-state index contributed by atoms with van der Waals surface area (Å²) in [5.41, 5.74) is 4.31. The van der Waals surface area contributed by atoms with Crippen LogP contribution in [0.25, 0.3) is 0 Å². The first-order valence-corrected chi connectivity index (χ1v) is 8.67. The highest BCUT2D eigenvalue weighted by molar-refractivity contribution is 5.32. The van der Waals surface area contributed by atoms with Gasteiger partial charge in [0.1, 0.15) is 0 Å². The van der Waals surface area contributed by atoms with Crippen molar-refractivity contribution in [2.24, 2.45) is 0 Å². The van der Waals surface area contributed by atoms with Gasteiger partial charge in [-0.1, -0.05) is 73.8 Å². The third-order valence-corrected chi connectivity index (χ3v) is 3.86. The predicted molar refractivity (Wildman–Crippen MR) is 108 cm³/mol. The van der Waals surface area contributed by atoms with Gasteiger partial charge >= 0.3 is 0 Å². The second-order valence-corrected chi connectivity index (χ2v) is 6.96. The summed E-state index contributed by atoms with van der Waals surface area (Å²) in [6, 6.07) is 21.3. The fraction of sp³-hybridized carbons (Fsp3) is 0.348. The van der Waals surface area contributed by atoms with Crippen molar-refractivity contribution in [3.8, 4) is 0 Å². The normalized spacial score (nSPS) is 11.0. The van der Waals surface area contributed by atoms with Gasteiger partial charge < -0.3 is 10.0 Å². The minimum atomic E-state index is -0.649. The fourth-order valence-corrected chi connectivity index (χ4v) is 2.99. The van der Waals surface area contributed by atoms with Gasteiger partial charge in [0, 0.05) is 12.5 Å². The molecule has 25 heavy (non-hydrogen) atoms. The van der Waals surface area contributed by atoms with Crippen molar-refractivity contribution in [2.45, 2.75) is 31.8 Å². The molecule has 2 aromatic rings. The van der Waals surface area contributed by atoms with Crippen LogP contribution < -0.4 is 0 Å². The summed E-state index contributed by atoms with van der Waals surface area (Å²) in [6.45, 7) is 11.6. The number of aliphatic hydroxyl groups is 1. The van der Waals surface area contributed by atoms with Crippen molar-refractivity contribution in [3.05, 3.63) is 90.7 Å². The lowest BCUT2D eigenvalue weighted by atomic mass is 9.88. The summed E-state index contributed by atoms with van der Waals surface area (Å²) < 4.78 is 0. The third kappa shape index (κ3) is 8.51. The largest absolute Gasteiger partial charge is 0.389 e. The molecule has 1 N–H and O–H groups in total. The molecule has 0 aliphatic heterocycles. The number of rotatable bonds is 7. The Labute approximate surface area is 153 Å². The first-order chi connectivity index (χ1) is 11.9. The standard InChI is InChI=1S/C20H27NO.C3H4/c1-20(2,22)16-21(3)15-14-19(17-10-6-4-7-11-17)18-12-8-5-9-13-18;1-3-2/h4-13,19,22H,14-16H2,1-3H3;1-2H2. The van der Waals surface area contributed by atoms with Gasteiger partial charge in [-0.25, -0.2) is 0 Å². The molecule has 2 heteroatoms. The summed E-state index contributed by atoms with van der Waals surface area (Å²) in [5, 5.41) is 9.95. The monoisotopic (exact) mass is 337 g/mol. The molecule has 134 valence electrons. The Kier molecular flexibility index (Phi) is 8.94. The molecule has 0 aliphatic carbocycles. The van der Waals surface area contributed by atoms with Gasteiger partial charge in [-0.3, -0.25) is 0 Å². The molecule has 0 heterocycles. The molecule has 0 saturated carbocycles. The van der Waals surface area contributed by atoms with E-state index in [-0.39, 0.29) is 0 Å². The van der Waals surface area contributed by atoms with Crippen LogP contribution in [0.1, 0.15) is 37.3 Å². The fourth-order valence-electron chi connectivity index (χ4n) is 2.99. The van der Waals surface area contributed by atoms with E-state index in [0.29, 0.717) is 12.5 Å². The molecule has 0 fully saturated rings. The predicted octanol–water partition coefficient (Wildman–Crippen LogP) is 4.87. The lowest BCUT2D eigenvalue weighted by Crippen LogP contribution is -2.37. The van der Waals surface area contributed by atoms with Gasteiger partial charge in [-0.2, -0.15) is 0 Å². The Morgan fingerprint density at radius 2 is 1.36 bits per heavy atom. The van der Waals surface area contributed by atoms with Crippen molar-refractivity contribution < 1.29 is 5.11 Å². The average molecular weight is 338 g/mol. The Bertz CT molecular complexity index is 583. The number of nitrogens with zero attached hydrogens (tertiary/aromatic N) is 1. The van der Waals surface area contributed by atoms with E-state index >= 15 is 0 Å².